The van der Waals surface area contributed by atoms with E-state index in [0.29, 0.717) is 12.0 Å². The molecule has 0 aliphatic heterocycles. The van der Waals surface area contributed by atoms with Gasteiger partial charge in [0.25, 0.3) is 0 Å². The van der Waals surface area contributed by atoms with Crippen molar-refractivity contribution in [2.45, 2.75) is 77.8 Å². The summed E-state index contributed by atoms with van der Waals surface area (Å²) in [5.41, 5.74) is 6.47. The van der Waals surface area contributed by atoms with Crippen molar-refractivity contribution in [3.63, 3.8) is 0 Å². The van der Waals surface area contributed by atoms with E-state index in [1.807, 2.05) is 0 Å². The predicted octanol–water partition coefficient (Wildman–Crippen LogP) is 2.83. The molecule has 2 aliphatic carbocycles. The number of rotatable bonds is 2. The van der Waals surface area contributed by atoms with Crippen LogP contribution in [0, 0.1) is 17.3 Å². The SMILES string of the molecule is CC1CCCC(C(=O)NC2CCCCC2(C)C)C1N. The molecule has 2 aliphatic rings. The molecule has 2 rings (SSSR count). The van der Waals surface area contributed by atoms with E-state index in [9.17, 15) is 4.79 Å². The Morgan fingerprint density at radius 1 is 1.16 bits per heavy atom. The minimum atomic E-state index is 0.0291. The van der Waals surface area contributed by atoms with Gasteiger partial charge in [-0.2, -0.15) is 0 Å². The van der Waals surface area contributed by atoms with Gasteiger partial charge in [-0.25, -0.2) is 0 Å². The fourth-order valence-corrected chi connectivity index (χ4v) is 3.79. The molecule has 2 fully saturated rings. The first kappa shape index (κ1) is 14.8. The Hall–Kier alpha value is -0.570. The van der Waals surface area contributed by atoms with Crippen LogP contribution in [-0.2, 0) is 4.79 Å². The highest BCUT2D eigenvalue weighted by molar-refractivity contribution is 5.80. The topological polar surface area (TPSA) is 55.1 Å². The molecule has 0 aromatic carbocycles. The standard InChI is InChI=1S/C16H30N2O/c1-11-7-6-8-12(14(11)17)15(19)18-13-9-4-5-10-16(13,2)3/h11-14H,4-10,17H2,1-3H3,(H,18,19). The van der Waals surface area contributed by atoms with Crippen LogP contribution in [0.2, 0.25) is 0 Å². The highest BCUT2D eigenvalue weighted by atomic mass is 16.2. The third kappa shape index (κ3) is 3.31. The van der Waals surface area contributed by atoms with Gasteiger partial charge in [0.2, 0.25) is 5.91 Å². The first-order chi connectivity index (χ1) is 8.92. The molecule has 3 N–H and O–H groups in total. The van der Waals surface area contributed by atoms with Gasteiger partial charge in [-0.05, 0) is 37.0 Å². The largest absolute Gasteiger partial charge is 0.353 e. The van der Waals surface area contributed by atoms with Crippen LogP contribution in [0.5, 0.6) is 0 Å². The lowest BCUT2D eigenvalue weighted by Gasteiger charge is -2.41. The average Bonchev–Trinajstić information content (AvgIpc) is 2.35. The zero-order valence-electron chi connectivity index (χ0n) is 12.7. The Morgan fingerprint density at radius 2 is 1.89 bits per heavy atom. The van der Waals surface area contributed by atoms with Crippen LogP contribution in [0.1, 0.15) is 65.7 Å². The quantitative estimate of drug-likeness (QED) is 0.807. The van der Waals surface area contributed by atoms with Crippen LogP contribution < -0.4 is 11.1 Å². The molecule has 0 saturated heterocycles. The van der Waals surface area contributed by atoms with Crippen molar-refractivity contribution < 1.29 is 4.79 Å². The van der Waals surface area contributed by atoms with E-state index in [-0.39, 0.29) is 23.3 Å². The molecule has 4 atom stereocenters. The van der Waals surface area contributed by atoms with E-state index in [1.54, 1.807) is 0 Å². The molecule has 3 nitrogen and oxygen atoms in total. The van der Waals surface area contributed by atoms with Crippen molar-refractivity contribution in [2.24, 2.45) is 23.0 Å². The van der Waals surface area contributed by atoms with Crippen LogP contribution >= 0.6 is 0 Å². The van der Waals surface area contributed by atoms with Crippen LogP contribution in [-0.4, -0.2) is 18.0 Å². The second kappa shape index (κ2) is 5.82. The third-order valence-electron chi connectivity index (χ3n) is 5.46. The molecule has 0 heterocycles. The summed E-state index contributed by atoms with van der Waals surface area (Å²) in [6.45, 7) is 6.73. The Bertz CT molecular complexity index is 327. The minimum Gasteiger partial charge on any atom is -0.353 e. The molecule has 19 heavy (non-hydrogen) atoms. The van der Waals surface area contributed by atoms with E-state index in [4.69, 9.17) is 5.73 Å². The van der Waals surface area contributed by atoms with E-state index >= 15 is 0 Å². The van der Waals surface area contributed by atoms with Crippen molar-refractivity contribution in [3.8, 4) is 0 Å². The van der Waals surface area contributed by atoms with Gasteiger partial charge in [-0.1, -0.05) is 40.0 Å². The highest BCUT2D eigenvalue weighted by Gasteiger charge is 2.37. The zero-order chi connectivity index (χ0) is 14.0. The molecule has 0 bridgehead atoms. The second-order valence-electron chi connectivity index (χ2n) is 7.39. The number of nitrogens with one attached hydrogen (secondary N) is 1. The maximum atomic E-state index is 12.5. The second-order valence-corrected chi connectivity index (χ2v) is 7.39. The number of carbonyl (C=O) groups is 1. The molecule has 1 amide bonds. The van der Waals surface area contributed by atoms with Crippen LogP contribution in [0.15, 0.2) is 0 Å². The molecule has 110 valence electrons. The van der Waals surface area contributed by atoms with E-state index < -0.39 is 0 Å². The summed E-state index contributed by atoms with van der Waals surface area (Å²) in [7, 11) is 0. The van der Waals surface area contributed by atoms with Crippen molar-refractivity contribution >= 4 is 5.91 Å². The fourth-order valence-electron chi connectivity index (χ4n) is 3.79. The molecule has 0 radical (unpaired) electrons. The maximum absolute atomic E-state index is 12.5. The molecule has 0 spiro atoms. The molecule has 4 unspecified atom stereocenters. The summed E-state index contributed by atoms with van der Waals surface area (Å²) in [6, 6.07) is 0.374. The lowest BCUT2D eigenvalue weighted by Crippen LogP contribution is -2.53. The molecular formula is C16H30N2O. The average molecular weight is 266 g/mol. The van der Waals surface area contributed by atoms with Gasteiger partial charge in [-0.15, -0.1) is 0 Å². The fraction of sp³-hybridized carbons (Fsp3) is 0.938. The molecule has 2 saturated carbocycles. The third-order valence-corrected chi connectivity index (χ3v) is 5.46. The summed E-state index contributed by atoms with van der Waals surface area (Å²) in [5, 5.41) is 3.31. The Kier molecular flexibility index (Phi) is 4.54. The molecule has 0 aromatic heterocycles. The number of carbonyl (C=O) groups excluding carboxylic acids is 1. The predicted molar refractivity (Wildman–Crippen MR) is 78.7 cm³/mol. The lowest BCUT2D eigenvalue weighted by molar-refractivity contribution is -0.129. The van der Waals surface area contributed by atoms with Gasteiger partial charge in [-0.3, -0.25) is 4.79 Å². The number of hydrogen-bond acceptors (Lipinski definition) is 2. The Morgan fingerprint density at radius 3 is 2.58 bits per heavy atom. The molecule has 3 heteroatoms. The van der Waals surface area contributed by atoms with Gasteiger partial charge in [0.05, 0.1) is 5.92 Å². The van der Waals surface area contributed by atoms with Gasteiger partial charge in [0.15, 0.2) is 0 Å². The Balaban J connectivity index is 1.96. The number of amides is 1. The summed E-state index contributed by atoms with van der Waals surface area (Å²) in [6.07, 6.45) is 8.13. The number of hydrogen-bond donors (Lipinski definition) is 2. The maximum Gasteiger partial charge on any atom is 0.224 e. The summed E-state index contributed by atoms with van der Waals surface area (Å²) in [5.74, 6) is 0.712. The summed E-state index contributed by atoms with van der Waals surface area (Å²) >= 11 is 0. The summed E-state index contributed by atoms with van der Waals surface area (Å²) < 4.78 is 0. The summed E-state index contributed by atoms with van der Waals surface area (Å²) in [4.78, 5) is 12.5. The van der Waals surface area contributed by atoms with Crippen molar-refractivity contribution in [2.75, 3.05) is 0 Å². The Labute approximate surface area is 117 Å². The highest BCUT2D eigenvalue weighted by Crippen LogP contribution is 2.36. The monoisotopic (exact) mass is 266 g/mol. The van der Waals surface area contributed by atoms with Crippen molar-refractivity contribution in [1.29, 1.82) is 0 Å². The van der Waals surface area contributed by atoms with Crippen molar-refractivity contribution in [1.82, 2.24) is 5.32 Å². The van der Waals surface area contributed by atoms with Gasteiger partial charge < -0.3 is 11.1 Å². The van der Waals surface area contributed by atoms with Gasteiger partial charge in [0.1, 0.15) is 0 Å². The van der Waals surface area contributed by atoms with E-state index in [0.717, 1.165) is 19.3 Å². The van der Waals surface area contributed by atoms with Crippen LogP contribution in [0.3, 0.4) is 0 Å². The molecular weight excluding hydrogens is 236 g/mol. The number of nitrogens with two attached hydrogens (primary N) is 1. The van der Waals surface area contributed by atoms with Crippen LogP contribution in [0.25, 0.3) is 0 Å². The van der Waals surface area contributed by atoms with E-state index in [2.05, 4.69) is 26.1 Å². The smallest absolute Gasteiger partial charge is 0.224 e. The van der Waals surface area contributed by atoms with E-state index in [1.165, 1.54) is 25.7 Å². The zero-order valence-corrected chi connectivity index (χ0v) is 12.7. The normalized spacial score (nSPS) is 38.7. The first-order valence-corrected chi connectivity index (χ1v) is 7.98. The molecule has 0 aromatic rings. The van der Waals surface area contributed by atoms with Gasteiger partial charge in [0, 0.05) is 12.1 Å². The van der Waals surface area contributed by atoms with Crippen molar-refractivity contribution in [3.05, 3.63) is 0 Å². The van der Waals surface area contributed by atoms with Gasteiger partial charge >= 0.3 is 0 Å². The first-order valence-electron chi connectivity index (χ1n) is 7.98. The minimum absolute atomic E-state index is 0.0291. The van der Waals surface area contributed by atoms with Crippen LogP contribution in [0.4, 0.5) is 0 Å². The lowest BCUT2D eigenvalue weighted by atomic mass is 9.72.